The van der Waals surface area contributed by atoms with Gasteiger partial charge in [0, 0.05) is 16.7 Å². The molecule has 0 saturated carbocycles. The first-order valence-corrected chi connectivity index (χ1v) is 6.79. The number of amidine groups is 1. The lowest BCUT2D eigenvalue weighted by Gasteiger charge is -2.01. The summed E-state index contributed by atoms with van der Waals surface area (Å²) in [6.07, 6.45) is 1.62. The normalized spacial score (nSPS) is 16.8. The average Bonchev–Trinajstić information content (AvgIpc) is 2.72. The molecule has 1 heterocycles. The van der Waals surface area contributed by atoms with Crippen LogP contribution in [0.3, 0.4) is 0 Å². The van der Waals surface area contributed by atoms with E-state index in [9.17, 15) is 4.79 Å². The van der Waals surface area contributed by atoms with E-state index in [2.05, 4.69) is 17.0 Å². The molecule has 0 radical (unpaired) electrons. The van der Waals surface area contributed by atoms with Gasteiger partial charge >= 0.3 is 0 Å². The lowest BCUT2D eigenvalue weighted by Crippen LogP contribution is -2.15. The third kappa shape index (κ3) is 2.60. The Kier molecular flexibility index (Phi) is 4.11. The number of carbonyl (C=O) groups is 1. The van der Waals surface area contributed by atoms with Gasteiger partial charge in [-0.15, -0.1) is 0 Å². The Labute approximate surface area is 113 Å². The molecule has 18 heavy (non-hydrogen) atoms. The number of carbonyl (C=O) groups excluding carboxylic acids is 1. The van der Waals surface area contributed by atoms with Gasteiger partial charge in [0.15, 0.2) is 5.17 Å². The number of benzene rings is 1. The van der Waals surface area contributed by atoms with E-state index in [4.69, 9.17) is 5.84 Å². The van der Waals surface area contributed by atoms with E-state index in [1.807, 2.05) is 24.3 Å². The van der Waals surface area contributed by atoms with E-state index in [-0.39, 0.29) is 5.78 Å². The Morgan fingerprint density at radius 2 is 2.28 bits per heavy atom. The Balaban J connectivity index is 2.14. The van der Waals surface area contributed by atoms with Gasteiger partial charge in [0.25, 0.3) is 0 Å². The highest BCUT2D eigenvalue weighted by atomic mass is 32.2. The maximum Gasteiger partial charge on any atom is 0.202 e. The van der Waals surface area contributed by atoms with Crippen molar-refractivity contribution in [3.63, 3.8) is 0 Å². The fourth-order valence-corrected chi connectivity index (χ4v) is 2.76. The van der Waals surface area contributed by atoms with E-state index < -0.39 is 0 Å². The Morgan fingerprint density at radius 3 is 2.94 bits per heavy atom. The number of hydrogen-bond acceptors (Lipinski definition) is 5. The lowest BCUT2D eigenvalue weighted by atomic mass is 10.1. The molecule has 4 nitrogen and oxygen atoms in total. The van der Waals surface area contributed by atoms with Crippen LogP contribution in [0.2, 0.25) is 0 Å². The van der Waals surface area contributed by atoms with Crippen molar-refractivity contribution in [3.8, 4) is 0 Å². The van der Waals surface area contributed by atoms with Crippen molar-refractivity contribution in [3.05, 3.63) is 52.9 Å². The van der Waals surface area contributed by atoms with Gasteiger partial charge in [-0.05, 0) is 17.5 Å². The largest absolute Gasteiger partial charge is 0.338 e. The van der Waals surface area contributed by atoms with Crippen LogP contribution in [0.5, 0.6) is 0 Å². The summed E-state index contributed by atoms with van der Waals surface area (Å²) in [7, 11) is 0. The zero-order chi connectivity index (χ0) is 13.0. The van der Waals surface area contributed by atoms with Crippen molar-refractivity contribution in [1.29, 1.82) is 0 Å². The number of Topliss-reactive ketones (excluding diaryl/α,β-unsaturated/α-hetero) is 1. The Morgan fingerprint density at radius 1 is 1.50 bits per heavy atom. The molecular weight excluding hydrogens is 266 g/mol. The first-order chi connectivity index (χ1) is 8.76. The monoisotopic (exact) mass is 277 g/mol. The summed E-state index contributed by atoms with van der Waals surface area (Å²) in [5.74, 6) is 5.22. The van der Waals surface area contributed by atoms with E-state index in [0.29, 0.717) is 10.1 Å². The number of allylic oxidation sites excluding steroid dienone is 1. The van der Waals surface area contributed by atoms with Crippen LogP contribution >= 0.6 is 23.5 Å². The second-order valence-electron chi connectivity index (χ2n) is 3.30. The third-order valence-corrected chi connectivity index (χ3v) is 3.93. The van der Waals surface area contributed by atoms with Gasteiger partial charge in [0.1, 0.15) is 0 Å². The summed E-state index contributed by atoms with van der Waals surface area (Å²) in [5.41, 5.74) is 0.734. The first-order valence-electron chi connectivity index (χ1n) is 5.10. The quantitative estimate of drug-likeness (QED) is 0.286. The van der Waals surface area contributed by atoms with Crippen molar-refractivity contribution in [2.75, 3.05) is 0 Å². The number of rotatable bonds is 2. The molecule has 0 bridgehead atoms. The molecule has 0 unspecified atom stereocenters. The van der Waals surface area contributed by atoms with Gasteiger partial charge in [0.05, 0.1) is 4.91 Å². The highest BCUT2D eigenvalue weighted by Gasteiger charge is 2.25. The SMILES string of the molecule is C=CS/C(=N\N)N/C=C1\Sc2ccccc2C1=O. The molecule has 0 aromatic heterocycles. The highest BCUT2D eigenvalue weighted by molar-refractivity contribution is 8.16. The minimum atomic E-state index is 0.0167. The number of nitrogens with zero attached hydrogens (tertiary/aromatic N) is 1. The summed E-state index contributed by atoms with van der Waals surface area (Å²) in [6, 6.07) is 7.51. The molecule has 0 amide bonds. The smallest absolute Gasteiger partial charge is 0.202 e. The maximum absolute atomic E-state index is 12.0. The van der Waals surface area contributed by atoms with E-state index >= 15 is 0 Å². The van der Waals surface area contributed by atoms with Crippen LogP contribution in [0.25, 0.3) is 0 Å². The molecule has 0 atom stereocenters. The zero-order valence-electron chi connectivity index (χ0n) is 9.42. The van der Waals surface area contributed by atoms with Crippen LogP contribution in [0.15, 0.2) is 57.4 Å². The van der Waals surface area contributed by atoms with Crippen molar-refractivity contribution < 1.29 is 4.79 Å². The summed E-state index contributed by atoms with van der Waals surface area (Å²) >= 11 is 2.69. The number of hydrogen-bond donors (Lipinski definition) is 2. The summed E-state index contributed by atoms with van der Waals surface area (Å²) in [5, 5.41) is 8.53. The molecule has 1 aromatic rings. The number of hydrazone groups is 1. The Hall–Kier alpha value is -1.66. The number of thioether (sulfide) groups is 2. The second kappa shape index (κ2) is 5.79. The molecule has 1 aromatic carbocycles. The summed E-state index contributed by atoms with van der Waals surface area (Å²) in [4.78, 5) is 13.6. The molecule has 0 aliphatic carbocycles. The zero-order valence-corrected chi connectivity index (χ0v) is 11.1. The van der Waals surface area contributed by atoms with Gasteiger partial charge in [-0.3, -0.25) is 4.79 Å². The topological polar surface area (TPSA) is 67.5 Å². The van der Waals surface area contributed by atoms with Crippen LogP contribution in [-0.4, -0.2) is 11.0 Å². The maximum atomic E-state index is 12.0. The summed E-state index contributed by atoms with van der Waals surface area (Å²) in [6.45, 7) is 3.57. The fourth-order valence-electron chi connectivity index (χ4n) is 1.44. The van der Waals surface area contributed by atoms with Crippen LogP contribution in [0, 0.1) is 0 Å². The number of nitrogens with two attached hydrogens (primary N) is 1. The van der Waals surface area contributed by atoms with Gasteiger partial charge in [-0.25, -0.2) is 0 Å². The molecule has 0 spiro atoms. The summed E-state index contributed by atoms with van der Waals surface area (Å²) < 4.78 is 0. The molecule has 92 valence electrons. The van der Waals surface area contributed by atoms with E-state index in [0.717, 1.165) is 10.5 Å². The molecule has 1 aliphatic heterocycles. The van der Waals surface area contributed by atoms with Crippen LogP contribution in [-0.2, 0) is 0 Å². The Bertz CT molecular complexity index is 552. The number of nitrogens with one attached hydrogen (secondary N) is 1. The van der Waals surface area contributed by atoms with Gasteiger partial charge < -0.3 is 11.2 Å². The van der Waals surface area contributed by atoms with Crippen LogP contribution in [0.1, 0.15) is 10.4 Å². The molecule has 2 rings (SSSR count). The van der Waals surface area contributed by atoms with Gasteiger partial charge in [0.2, 0.25) is 5.78 Å². The van der Waals surface area contributed by atoms with Gasteiger partial charge in [-0.2, -0.15) is 5.10 Å². The van der Waals surface area contributed by atoms with Crippen LogP contribution < -0.4 is 11.2 Å². The van der Waals surface area contributed by atoms with Crippen molar-refractivity contribution in [1.82, 2.24) is 5.32 Å². The lowest BCUT2D eigenvalue weighted by molar-refractivity contribution is 0.104. The predicted octanol–water partition coefficient (Wildman–Crippen LogP) is 2.51. The average molecular weight is 277 g/mol. The van der Waals surface area contributed by atoms with Crippen molar-refractivity contribution in [2.24, 2.45) is 10.9 Å². The van der Waals surface area contributed by atoms with E-state index in [1.54, 1.807) is 11.6 Å². The molecule has 0 fully saturated rings. The molecular formula is C12H11N3OS2. The van der Waals surface area contributed by atoms with Crippen molar-refractivity contribution >= 4 is 34.5 Å². The molecule has 0 saturated heterocycles. The molecule has 3 N–H and O–H groups in total. The predicted molar refractivity (Wildman–Crippen MR) is 77.3 cm³/mol. The molecule has 6 heteroatoms. The minimum absolute atomic E-state index is 0.0167. The van der Waals surface area contributed by atoms with Crippen molar-refractivity contribution in [2.45, 2.75) is 4.90 Å². The standard InChI is InChI=1S/C12H11N3OS2/c1-2-17-12(15-13)14-7-10-11(16)8-5-3-4-6-9(8)18-10/h2-7H,1,13H2,(H,14,15)/b10-7-. The fraction of sp³-hybridized carbons (Fsp3) is 0. The van der Waals surface area contributed by atoms with Crippen LogP contribution in [0.4, 0.5) is 0 Å². The second-order valence-corrected chi connectivity index (χ2v) is 5.34. The number of fused-ring (bicyclic) bond motifs is 1. The van der Waals surface area contributed by atoms with E-state index in [1.165, 1.54) is 23.5 Å². The number of ketones is 1. The van der Waals surface area contributed by atoms with Gasteiger partial charge in [-0.1, -0.05) is 42.2 Å². The first kappa shape index (κ1) is 12.8. The molecule has 1 aliphatic rings. The minimum Gasteiger partial charge on any atom is -0.338 e. The third-order valence-electron chi connectivity index (χ3n) is 2.21. The highest BCUT2D eigenvalue weighted by Crippen LogP contribution is 2.39.